The minimum Gasteiger partial charge on any atom is -1.00 e. The molecule has 0 atom stereocenters. The molecule has 0 aliphatic rings. The van der Waals surface area contributed by atoms with Crippen LogP contribution in [0.5, 0.6) is 0 Å². The molecular weight excluding hydrogens is 214 g/mol. The molecule has 0 aromatic carbocycles. The molecule has 0 saturated heterocycles. The Kier molecular flexibility index (Phi) is 8.17. The van der Waals surface area contributed by atoms with Gasteiger partial charge >= 0.3 is 0 Å². The average Bonchev–Trinajstić information content (AvgIpc) is 2.00. The monoisotopic (exact) mass is 235 g/mol. The third kappa shape index (κ3) is 4.27. The molecule has 0 spiro atoms. The van der Waals surface area contributed by atoms with Crippen LogP contribution in [0.25, 0.3) is 0 Å². The lowest BCUT2D eigenvalue weighted by Crippen LogP contribution is -3.00. The van der Waals surface area contributed by atoms with Crippen LogP contribution in [0, 0.1) is 0 Å². The first-order chi connectivity index (χ1) is 5.10. The molecule has 0 radical (unpaired) electrons. The van der Waals surface area contributed by atoms with Gasteiger partial charge in [0.2, 0.25) is 0 Å². The molecule has 0 heterocycles. The van der Waals surface area contributed by atoms with Crippen molar-refractivity contribution in [3.05, 3.63) is 12.2 Å². The Morgan fingerprint density at radius 3 is 1.50 bits per heavy atom. The third-order valence-corrected chi connectivity index (χ3v) is 2.62. The van der Waals surface area contributed by atoms with Crippen molar-refractivity contribution in [1.82, 2.24) is 0 Å². The number of hydrogen-bond donors (Lipinski definition) is 0. The van der Waals surface area contributed by atoms with Crippen LogP contribution in [-0.2, 0) is 0 Å². The second-order valence-corrected chi connectivity index (χ2v) is 3.41. The van der Waals surface area contributed by atoms with Crippen molar-refractivity contribution in [2.24, 2.45) is 0 Å². The van der Waals surface area contributed by atoms with Gasteiger partial charge in [-0.05, 0) is 33.3 Å². The normalized spacial score (nSPS) is 10.7. The topological polar surface area (TPSA) is 0 Å². The number of hydrogen-bond acceptors (Lipinski definition) is 0. The lowest BCUT2D eigenvalue weighted by Gasteiger charge is -2.35. The fourth-order valence-electron chi connectivity index (χ4n) is 1.58. The van der Waals surface area contributed by atoms with Crippen molar-refractivity contribution < 1.29 is 21.5 Å². The minimum atomic E-state index is 0. The summed E-state index contributed by atoms with van der Waals surface area (Å²) in [6.07, 6.45) is 0. The van der Waals surface area contributed by atoms with E-state index in [0.29, 0.717) is 0 Å². The zero-order valence-corrected chi connectivity index (χ0v) is 10.4. The standard InChI is InChI=1S/C10H22N.BrH/c1-6-11(7-2,8-3)9-10(4)5;/h4,6-9H2,1-3,5H3;1H/q+1;/p-1. The first-order valence-electron chi connectivity index (χ1n) is 4.59. The molecule has 2 heteroatoms. The summed E-state index contributed by atoms with van der Waals surface area (Å²) in [7, 11) is 0. The van der Waals surface area contributed by atoms with E-state index in [0.717, 1.165) is 6.54 Å². The Labute approximate surface area is 87.8 Å². The summed E-state index contributed by atoms with van der Waals surface area (Å²) < 4.78 is 1.19. The van der Waals surface area contributed by atoms with Gasteiger partial charge in [-0.1, -0.05) is 6.58 Å². The van der Waals surface area contributed by atoms with Gasteiger partial charge in [0.1, 0.15) is 0 Å². The molecule has 0 saturated carbocycles. The molecule has 0 N–H and O–H groups in total. The molecule has 0 aliphatic carbocycles. The number of nitrogens with zero attached hydrogens (tertiary/aromatic N) is 1. The summed E-state index contributed by atoms with van der Waals surface area (Å²) >= 11 is 0. The smallest absolute Gasteiger partial charge is 0.0997 e. The first kappa shape index (κ1) is 14.7. The quantitative estimate of drug-likeness (QED) is 0.443. The Balaban J connectivity index is 0. The van der Waals surface area contributed by atoms with Gasteiger partial charge in [-0.2, -0.15) is 0 Å². The molecule has 0 unspecified atom stereocenters. The maximum absolute atomic E-state index is 3.97. The van der Waals surface area contributed by atoms with Crippen molar-refractivity contribution in [3.63, 3.8) is 0 Å². The zero-order chi connectivity index (χ0) is 8.91. The van der Waals surface area contributed by atoms with E-state index in [4.69, 9.17) is 0 Å². The van der Waals surface area contributed by atoms with Gasteiger partial charge in [-0.25, -0.2) is 0 Å². The summed E-state index contributed by atoms with van der Waals surface area (Å²) in [5, 5.41) is 0. The molecule has 12 heavy (non-hydrogen) atoms. The van der Waals surface area contributed by atoms with Gasteiger partial charge in [0.15, 0.2) is 0 Å². The van der Waals surface area contributed by atoms with E-state index in [-0.39, 0.29) is 17.0 Å². The Morgan fingerprint density at radius 2 is 1.42 bits per heavy atom. The van der Waals surface area contributed by atoms with Gasteiger partial charge in [0.05, 0.1) is 26.2 Å². The van der Waals surface area contributed by atoms with E-state index < -0.39 is 0 Å². The summed E-state index contributed by atoms with van der Waals surface area (Å²) in [6.45, 7) is 17.7. The van der Waals surface area contributed by atoms with Crippen LogP contribution >= 0.6 is 0 Å². The summed E-state index contributed by atoms with van der Waals surface area (Å²) in [5.41, 5.74) is 1.30. The van der Waals surface area contributed by atoms with Crippen LogP contribution in [-0.4, -0.2) is 30.7 Å². The zero-order valence-electron chi connectivity index (χ0n) is 8.86. The van der Waals surface area contributed by atoms with Crippen molar-refractivity contribution >= 4 is 0 Å². The van der Waals surface area contributed by atoms with E-state index in [2.05, 4.69) is 34.3 Å². The molecule has 74 valence electrons. The van der Waals surface area contributed by atoms with E-state index in [1.807, 2.05) is 0 Å². The fourth-order valence-corrected chi connectivity index (χ4v) is 1.58. The second kappa shape index (κ2) is 6.67. The van der Waals surface area contributed by atoms with E-state index in [1.54, 1.807) is 0 Å². The second-order valence-electron chi connectivity index (χ2n) is 3.41. The minimum absolute atomic E-state index is 0. The molecule has 0 amide bonds. The van der Waals surface area contributed by atoms with Crippen LogP contribution in [0.15, 0.2) is 12.2 Å². The molecule has 0 fully saturated rings. The number of rotatable bonds is 5. The highest BCUT2D eigenvalue weighted by molar-refractivity contribution is 4.87. The van der Waals surface area contributed by atoms with Gasteiger partial charge in [-0.3, -0.25) is 0 Å². The van der Waals surface area contributed by atoms with Crippen LogP contribution in [0.3, 0.4) is 0 Å². The molecule has 0 bridgehead atoms. The molecular formula is C10H22BrN. The lowest BCUT2D eigenvalue weighted by atomic mass is 10.2. The van der Waals surface area contributed by atoms with Crippen LogP contribution in [0.4, 0.5) is 0 Å². The maximum Gasteiger partial charge on any atom is 0.0997 e. The fraction of sp³-hybridized carbons (Fsp3) is 0.800. The third-order valence-electron chi connectivity index (χ3n) is 2.62. The molecule has 0 aromatic rings. The van der Waals surface area contributed by atoms with Gasteiger partial charge < -0.3 is 21.5 Å². The van der Waals surface area contributed by atoms with Crippen molar-refractivity contribution in [3.8, 4) is 0 Å². The highest BCUT2D eigenvalue weighted by atomic mass is 79.9. The van der Waals surface area contributed by atoms with Crippen molar-refractivity contribution in [1.29, 1.82) is 0 Å². The molecule has 0 aromatic heterocycles. The molecule has 0 rings (SSSR count). The van der Waals surface area contributed by atoms with Gasteiger partial charge in [-0.15, -0.1) is 0 Å². The molecule has 0 aliphatic heterocycles. The van der Waals surface area contributed by atoms with E-state index in [9.17, 15) is 0 Å². The average molecular weight is 236 g/mol. The van der Waals surface area contributed by atoms with Crippen molar-refractivity contribution in [2.75, 3.05) is 26.2 Å². The summed E-state index contributed by atoms with van der Waals surface area (Å²) in [4.78, 5) is 0. The Hall–Kier alpha value is 0.180. The van der Waals surface area contributed by atoms with E-state index in [1.165, 1.54) is 29.7 Å². The van der Waals surface area contributed by atoms with Crippen LogP contribution in [0.1, 0.15) is 27.7 Å². The first-order valence-corrected chi connectivity index (χ1v) is 4.59. The summed E-state index contributed by atoms with van der Waals surface area (Å²) in [5.74, 6) is 0. The SMILES string of the molecule is C=C(C)C[N+](CC)(CC)CC.[Br-]. The van der Waals surface area contributed by atoms with Crippen LogP contribution in [0.2, 0.25) is 0 Å². The Bertz CT molecular complexity index is 120. The lowest BCUT2D eigenvalue weighted by molar-refractivity contribution is -0.918. The van der Waals surface area contributed by atoms with E-state index >= 15 is 0 Å². The van der Waals surface area contributed by atoms with Crippen LogP contribution < -0.4 is 17.0 Å². The predicted octanol–water partition coefficient (Wildman–Crippen LogP) is -0.557. The van der Waals surface area contributed by atoms with Gasteiger partial charge in [0.25, 0.3) is 0 Å². The number of quaternary nitrogens is 1. The number of halogens is 1. The van der Waals surface area contributed by atoms with Crippen molar-refractivity contribution in [2.45, 2.75) is 27.7 Å². The van der Waals surface area contributed by atoms with Gasteiger partial charge in [0, 0.05) is 0 Å². The summed E-state index contributed by atoms with van der Waals surface area (Å²) in [6, 6.07) is 0. The maximum atomic E-state index is 3.97. The highest BCUT2D eigenvalue weighted by Crippen LogP contribution is 2.08. The highest BCUT2D eigenvalue weighted by Gasteiger charge is 2.19. The largest absolute Gasteiger partial charge is 1.00 e. The molecule has 1 nitrogen and oxygen atoms in total. The Morgan fingerprint density at radius 1 is 1.08 bits per heavy atom. The number of likely N-dealkylation sites (N-methyl/N-ethyl adjacent to an activating group) is 1. The predicted molar refractivity (Wildman–Crippen MR) is 51.6 cm³/mol.